The molecule has 1 aromatic rings. The second-order valence-electron chi connectivity index (χ2n) is 4.48. The first-order chi connectivity index (χ1) is 9.61. The van der Waals surface area contributed by atoms with E-state index in [1.165, 1.54) is 17.4 Å². The minimum atomic E-state index is -5.15. The van der Waals surface area contributed by atoms with E-state index in [1.807, 2.05) is 0 Å². The summed E-state index contributed by atoms with van der Waals surface area (Å²) in [5.41, 5.74) is 0.838. The second-order valence-corrected chi connectivity index (χ2v) is 4.48. The molecule has 0 saturated carbocycles. The summed E-state index contributed by atoms with van der Waals surface area (Å²) in [5.74, 6) is -4.39. The lowest BCUT2D eigenvalue weighted by molar-refractivity contribution is -0.175. The average Bonchev–Trinajstić information content (AvgIpc) is 2.36. The number of hydrogen-bond acceptors (Lipinski definition) is 2. The number of rotatable bonds is 5. The minimum Gasteiger partial charge on any atom is -0.480 e. The van der Waals surface area contributed by atoms with Gasteiger partial charge in [0.25, 0.3) is 0 Å². The van der Waals surface area contributed by atoms with E-state index in [4.69, 9.17) is 5.11 Å². The van der Waals surface area contributed by atoms with Crippen LogP contribution >= 0.6 is 0 Å². The van der Waals surface area contributed by atoms with Gasteiger partial charge in [-0.2, -0.15) is 13.2 Å². The Morgan fingerprint density at radius 1 is 1.33 bits per heavy atom. The van der Waals surface area contributed by atoms with Crippen LogP contribution in [0.15, 0.2) is 18.2 Å². The van der Waals surface area contributed by atoms with E-state index in [0.29, 0.717) is 11.1 Å². The summed E-state index contributed by atoms with van der Waals surface area (Å²) in [7, 11) is 0. The molecule has 0 aliphatic rings. The molecule has 0 heterocycles. The monoisotopic (exact) mass is 307 g/mol. The van der Waals surface area contributed by atoms with E-state index in [9.17, 15) is 27.2 Å². The molecular formula is C13H13F4NO3. The van der Waals surface area contributed by atoms with Crippen LogP contribution in [0.4, 0.5) is 17.6 Å². The van der Waals surface area contributed by atoms with Gasteiger partial charge in [0.15, 0.2) is 0 Å². The maximum Gasteiger partial charge on any atom is 0.471 e. The van der Waals surface area contributed by atoms with Crippen molar-refractivity contribution in [3.8, 4) is 0 Å². The van der Waals surface area contributed by atoms with Gasteiger partial charge in [0.1, 0.15) is 11.9 Å². The van der Waals surface area contributed by atoms with Gasteiger partial charge in [-0.15, -0.1) is 0 Å². The Kier molecular flexibility index (Phi) is 5.28. The molecule has 0 radical (unpaired) electrons. The summed E-state index contributed by atoms with van der Waals surface area (Å²) in [4.78, 5) is 21.6. The average molecular weight is 307 g/mol. The zero-order valence-corrected chi connectivity index (χ0v) is 11.0. The van der Waals surface area contributed by atoms with Crippen molar-refractivity contribution in [3.63, 3.8) is 0 Å². The zero-order chi connectivity index (χ0) is 16.2. The quantitative estimate of drug-likeness (QED) is 0.820. The number of carbonyl (C=O) groups is 2. The highest BCUT2D eigenvalue weighted by Gasteiger charge is 2.40. The predicted molar refractivity (Wildman–Crippen MR) is 65.1 cm³/mol. The molecule has 1 amide bonds. The number of carboxylic acid groups (broad SMARTS) is 1. The molecule has 1 aromatic carbocycles. The minimum absolute atomic E-state index is 0.0201. The zero-order valence-electron chi connectivity index (χ0n) is 11.0. The molecule has 0 aliphatic heterocycles. The fourth-order valence-corrected chi connectivity index (χ4v) is 1.60. The van der Waals surface area contributed by atoms with Crippen LogP contribution < -0.4 is 5.32 Å². The second kappa shape index (κ2) is 6.55. The molecule has 0 spiro atoms. The lowest BCUT2D eigenvalue weighted by Gasteiger charge is -2.15. The van der Waals surface area contributed by atoms with E-state index in [-0.39, 0.29) is 12.8 Å². The molecule has 0 aromatic heterocycles. The van der Waals surface area contributed by atoms with Gasteiger partial charge in [-0.3, -0.25) is 4.79 Å². The van der Waals surface area contributed by atoms with Gasteiger partial charge in [0, 0.05) is 0 Å². The number of halogens is 4. The van der Waals surface area contributed by atoms with Crippen LogP contribution in [-0.2, 0) is 16.0 Å². The van der Waals surface area contributed by atoms with Gasteiger partial charge in [-0.1, -0.05) is 12.1 Å². The van der Waals surface area contributed by atoms with Crippen LogP contribution in [0.3, 0.4) is 0 Å². The molecule has 1 rings (SSSR count). The van der Waals surface area contributed by atoms with Crippen molar-refractivity contribution in [2.24, 2.45) is 0 Å². The summed E-state index contributed by atoms with van der Waals surface area (Å²) < 4.78 is 49.5. The molecule has 1 atom stereocenters. The lowest BCUT2D eigenvalue weighted by atomic mass is 10.0. The lowest BCUT2D eigenvalue weighted by Crippen LogP contribution is -2.47. The van der Waals surface area contributed by atoms with Crippen molar-refractivity contribution in [1.29, 1.82) is 0 Å². The Bertz CT molecular complexity index is 543. The molecule has 0 saturated heterocycles. The van der Waals surface area contributed by atoms with Gasteiger partial charge in [-0.25, -0.2) is 9.18 Å². The number of aryl methyl sites for hydroxylation is 2. The fraction of sp³-hybridized carbons (Fsp3) is 0.385. The van der Waals surface area contributed by atoms with Crippen LogP contribution in [0.5, 0.6) is 0 Å². The summed E-state index contributed by atoms with van der Waals surface area (Å²) >= 11 is 0. The number of carboxylic acids is 1. The van der Waals surface area contributed by atoms with Gasteiger partial charge >= 0.3 is 18.1 Å². The molecule has 2 N–H and O–H groups in total. The summed E-state index contributed by atoms with van der Waals surface area (Å²) in [6.45, 7) is 1.54. The fourth-order valence-electron chi connectivity index (χ4n) is 1.60. The first kappa shape index (κ1) is 16.9. The van der Waals surface area contributed by atoms with E-state index in [0.717, 1.165) is 0 Å². The van der Waals surface area contributed by atoms with E-state index >= 15 is 0 Å². The van der Waals surface area contributed by atoms with Crippen LogP contribution in [0.2, 0.25) is 0 Å². The van der Waals surface area contributed by atoms with Crippen molar-refractivity contribution in [3.05, 3.63) is 35.1 Å². The summed E-state index contributed by atoms with van der Waals surface area (Å²) in [6.07, 6.45) is -5.41. The van der Waals surface area contributed by atoms with Crippen molar-refractivity contribution in [1.82, 2.24) is 5.32 Å². The predicted octanol–water partition coefficient (Wildman–Crippen LogP) is 2.20. The van der Waals surface area contributed by atoms with Gasteiger partial charge in [0.05, 0.1) is 0 Å². The van der Waals surface area contributed by atoms with E-state index in [1.54, 1.807) is 13.0 Å². The van der Waals surface area contributed by atoms with Crippen molar-refractivity contribution in [2.75, 3.05) is 0 Å². The SMILES string of the molecule is Cc1ccc(CC[C@@H](NC(=O)C(F)(F)F)C(=O)O)cc1F. The number of aliphatic carboxylic acids is 1. The molecule has 21 heavy (non-hydrogen) atoms. The van der Waals surface area contributed by atoms with Gasteiger partial charge in [0.2, 0.25) is 0 Å². The molecule has 0 bridgehead atoms. The number of hydrogen-bond donors (Lipinski definition) is 2. The molecule has 116 valence electrons. The number of alkyl halides is 3. The third-order valence-corrected chi connectivity index (χ3v) is 2.82. The number of carbonyl (C=O) groups excluding carboxylic acids is 1. The van der Waals surface area contributed by atoms with Gasteiger partial charge in [-0.05, 0) is 37.0 Å². The maximum atomic E-state index is 13.3. The standard InChI is InChI=1S/C13H13F4NO3/c1-7-2-3-8(6-9(7)14)4-5-10(11(19)20)18-12(21)13(15,16)17/h2-3,6,10H,4-5H2,1H3,(H,18,21)(H,19,20)/t10-/m1/s1. The Morgan fingerprint density at radius 2 is 1.95 bits per heavy atom. The van der Waals surface area contributed by atoms with E-state index < -0.39 is 29.9 Å². The number of amides is 1. The molecule has 0 unspecified atom stereocenters. The van der Waals surface area contributed by atoms with Crippen LogP contribution in [0, 0.1) is 12.7 Å². The summed E-state index contributed by atoms with van der Waals surface area (Å²) in [5, 5.41) is 10.2. The van der Waals surface area contributed by atoms with Gasteiger partial charge < -0.3 is 10.4 Å². The Labute approximate surface area is 117 Å². The highest BCUT2D eigenvalue weighted by molar-refractivity contribution is 5.86. The normalized spacial score (nSPS) is 12.8. The molecule has 0 fully saturated rings. The molecular weight excluding hydrogens is 294 g/mol. The Morgan fingerprint density at radius 3 is 2.43 bits per heavy atom. The highest BCUT2D eigenvalue weighted by Crippen LogP contribution is 2.16. The molecule has 0 aliphatic carbocycles. The van der Waals surface area contributed by atoms with Crippen LogP contribution in [0.25, 0.3) is 0 Å². The topological polar surface area (TPSA) is 66.4 Å². The van der Waals surface area contributed by atoms with E-state index in [2.05, 4.69) is 0 Å². The van der Waals surface area contributed by atoms with Crippen LogP contribution in [-0.4, -0.2) is 29.2 Å². The number of benzene rings is 1. The van der Waals surface area contributed by atoms with Crippen molar-refractivity contribution < 1.29 is 32.3 Å². The third-order valence-electron chi connectivity index (χ3n) is 2.82. The Balaban J connectivity index is 2.69. The Hall–Kier alpha value is -2.12. The molecule has 4 nitrogen and oxygen atoms in total. The smallest absolute Gasteiger partial charge is 0.471 e. The number of nitrogens with one attached hydrogen (secondary N) is 1. The summed E-state index contributed by atoms with van der Waals surface area (Å²) in [6, 6.07) is 2.51. The highest BCUT2D eigenvalue weighted by atomic mass is 19.4. The van der Waals surface area contributed by atoms with Crippen LogP contribution in [0.1, 0.15) is 17.5 Å². The first-order valence-corrected chi connectivity index (χ1v) is 5.96. The maximum absolute atomic E-state index is 13.3. The first-order valence-electron chi connectivity index (χ1n) is 5.96. The third kappa shape index (κ3) is 5.05. The molecule has 8 heteroatoms. The van der Waals surface area contributed by atoms with Crippen molar-refractivity contribution in [2.45, 2.75) is 32.0 Å². The largest absolute Gasteiger partial charge is 0.480 e. The van der Waals surface area contributed by atoms with Crippen molar-refractivity contribution >= 4 is 11.9 Å².